The van der Waals surface area contributed by atoms with Crippen molar-refractivity contribution in [1.82, 2.24) is 4.98 Å². The summed E-state index contributed by atoms with van der Waals surface area (Å²) in [5.74, 6) is 0. The van der Waals surface area contributed by atoms with Gasteiger partial charge in [0.15, 0.2) is 5.58 Å². The number of oxazole rings is 1. The van der Waals surface area contributed by atoms with Gasteiger partial charge in [0, 0.05) is 11.1 Å². The quantitative estimate of drug-likeness (QED) is 0.639. The molecular weight excluding hydrogens is 182 g/mol. The van der Waals surface area contributed by atoms with Gasteiger partial charge in [-0.15, -0.1) is 0 Å². The number of nitrogens with one attached hydrogen (secondary N) is 1. The maximum absolute atomic E-state index is 5.72. The highest BCUT2D eigenvalue weighted by Gasteiger charge is 1.97. The predicted molar refractivity (Wildman–Crippen MR) is 46.4 cm³/mol. The molecule has 1 N–H and O–H groups in total. The molecule has 1 aromatic carbocycles. The molecule has 0 aliphatic heterocycles. The van der Waals surface area contributed by atoms with Crippen LogP contribution in [0.15, 0.2) is 22.6 Å². The third kappa shape index (κ3) is 1.17. The van der Waals surface area contributed by atoms with Crippen molar-refractivity contribution in [3.63, 3.8) is 0 Å². The van der Waals surface area contributed by atoms with E-state index < -0.39 is 0 Å². The summed E-state index contributed by atoms with van der Waals surface area (Å²) in [5, 5.41) is 0.648. The maximum atomic E-state index is 5.72. The van der Waals surface area contributed by atoms with Crippen molar-refractivity contribution >= 4 is 34.9 Å². The number of H-pyrrole nitrogens is 1. The molecule has 1 aromatic heterocycles. The van der Waals surface area contributed by atoms with Gasteiger partial charge < -0.3 is 9.40 Å². The number of hydrogen-bond acceptors (Lipinski definition) is 2. The molecule has 0 saturated heterocycles. The second-order valence-corrected chi connectivity index (χ2v) is 2.96. The predicted octanol–water partition coefficient (Wildman–Crippen LogP) is 3.14. The lowest BCUT2D eigenvalue weighted by Crippen LogP contribution is -1.65. The third-order valence-electron chi connectivity index (χ3n) is 1.38. The number of hydrogen-bond donors (Lipinski definition) is 1. The average Bonchev–Trinajstić information content (AvgIpc) is 2.27. The van der Waals surface area contributed by atoms with Crippen LogP contribution in [-0.4, -0.2) is 4.98 Å². The summed E-state index contributed by atoms with van der Waals surface area (Å²) in [7, 11) is 0. The second kappa shape index (κ2) is 2.36. The molecule has 0 spiro atoms. The molecule has 0 radical (unpaired) electrons. The fourth-order valence-corrected chi connectivity index (χ4v) is 1.28. The molecule has 0 amide bonds. The highest BCUT2D eigenvalue weighted by atomic mass is 35.5. The average molecular weight is 186 g/mol. The number of aromatic nitrogens is 1. The number of rotatable bonds is 0. The van der Waals surface area contributed by atoms with Crippen LogP contribution in [0, 0.1) is 4.84 Å². The molecule has 2 aromatic rings. The topological polar surface area (TPSA) is 28.9 Å². The van der Waals surface area contributed by atoms with Crippen molar-refractivity contribution in [2.24, 2.45) is 0 Å². The largest absolute Gasteiger partial charge is 0.429 e. The summed E-state index contributed by atoms with van der Waals surface area (Å²) in [6.07, 6.45) is 0. The zero-order chi connectivity index (χ0) is 7.84. The molecule has 0 fully saturated rings. The molecule has 2 rings (SSSR count). The van der Waals surface area contributed by atoms with E-state index >= 15 is 0 Å². The van der Waals surface area contributed by atoms with E-state index in [1.807, 2.05) is 6.07 Å². The lowest BCUT2D eigenvalue weighted by molar-refractivity contribution is 0.583. The molecule has 0 unspecified atom stereocenters. The minimum absolute atomic E-state index is 0.377. The summed E-state index contributed by atoms with van der Waals surface area (Å²) in [4.78, 5) is 3.25. The van der Waals surface area contributed by atoms with E-state index in [9.17, 15) is 0 Å². The Hall–Kier alpha value is -0.800. The van der Waals surface area contributed by atoms with E-state index in [4.69, 9.17) is 28.2 Å². The fourth-order valence-electron chi connectivity index (χ4n) is 0.919. The standard InChI is InChI=1S/C7H4ClNOS/c8-4-1-2-5-6(3-4)10-7(11)9-5/h1-3H,(H,9,11). The third-order valence-corrected chi connectivity index (χ3v) is 1.80. The van der Waals surface area contributed by atoms with E-state index in [0.717, 1.165) is 5.52 Å². The van der Waals surface area contributed by atoms with Crippen molar-refractivity contribution in [3.8, 4) is 0 Å². The molecule has 56 valence electrons. The Kier molecular flexibility index (Phi) is 1.47. The maximum Gasteiger partial charge on any atom is 0.266 e. The molecule has 0 aliphatic carbocycles. The Morgan fingerprint density at radius 3 is 3.09 bits per heavy atom. The summed E-state index contributed by atoms with van der Waals surface area (Å²) < 4.78 is 5.12. The Labute approximate surface area is 72.8 Å². The molecule has 0 aliphatic rings. The Balaban J connectivity index is 2.92. The summed E-state index contributed by atoms with van der Waals surface area (Å²) >= 11 is 10.5. The molecule has 11 heavy (non-hydrogen) atoms. The van der Waals surface area contributed by atoms with Gasteiger partial charge in [-0.25, -0.2) is 0 Å². The van der Waals surface area contributed by atoms with E-state index in [1.54, 1.807) is 12.1 Å². The molecule has 1 heterocycles. The van der Waals surface area contributed by atoms with Gasteiger partial charge in [0.05, 0.1) is 5.52 Å². The number of aromatic amines is 1. The SMILES string of the molecule is S=c1[nH]c2ccc(Cl)cc2o1. The van der Waals surface area contributed by atoms with Crippen molar-refractivity contribution < 1.29 is 4.42 Å². The first-order valence-corrected chi connectivity index (χ1v) is 3.83. The van der Waals surface area contributed by atoms with Crippen LogP contribution < -0.4 is 0 Å². The van der Waals surface area contributed by atoms with Crippen LogP contribution in [0.2, 0.25) is 5.02 Å². The molecule has 0 bridgehead atoms. The van der Waals surface area contributed by atoms with E-state index in [0.29, 0.717) is 15.4 Å². The van der Waals surface area contributed by atoms with Crippen molar-refractivity contribution in [2.75, 3.05) is 0 Å². The van der Waals surface area contributed by atoms with E-state index in [2.05, 4.69) is 4.98 Å². The highest BCUT2D eigenvalue weighted by Crippen LogP contribution is 2.18. The van der Waals surface area contributed by atoms with E-state index in [1.165, 1.54) is 0 Å². The first-order chi connectivity index (χ1) is 5.25. The van der Waals surface area contributed by atoms with Gasteiger partial charge >= 0.3 is 0 Å². The number of halogens is 1. The van der Waals surface area contributed by atoms with Gasteiger partial charge in [-0.3, -0.25) is 0 Å². The van der Waals surface area contributed by atoms with Gasteiger partial charge in [-0.05, 0) is 24.4 Å². The molecular formula is C7H4ClNOS. The zero-order valence-corrected chi connectivity index (χ0v) is 7.00. The van der Waals surface area contributed by atoms with E-state index in [-0.39, 0.29) is 0 Å². The number of benzene rings is 1. The first-order valence-electron chi connectivity index (χ1n) is 3.04. The fraction of sp³-hybridized carbons (Fsp3) is 0. The highest BCUT2D eigenvalue weighted by molar-refractivity contribution is 7.71. The molecule has 2 nitrogen and oxygen atoms in total. The van der Waals surface area contributed by atoms with Crippen LogP contribution in [0.1, 0.15) is 0 Å². The molecule has 0 atom stereocenters. The minimum atomic E-state index is 0.377. The summed E-state index contributed by atoms with van der Waals surface area (Å²) in [6.45, 7) is 0. The van der Waals surface area contributed by atoms with Gasteiger partial charge in [0.25, 0.3) is 4.84 Å². The smallest absolute Gasteiger partial charge is 0.266 e. The molecule has 4 heteroatoms. The lowest BCUT2D eigenvalue weighted by Gasteiger charge is -1.86. The van der Waals surface area contributed by atoms with Gasteiger partial charge in [0.2, 0.25) is 0 Å². The van der Waals surface area contributed by atoms with Crippen LogP contribution in [0.5, 0.6) is 0 Å². The Morgan fingerprint density at radius 2 is 2.27 bits per heavy atom. The van der Waals surface area contributed by atoms with Gasteiger partial charge in [0.1, 0.15) is 0 Å². The van der Waals surface area contributed by atoms with Gasteiger partial charge in [-0.1, -0.05) is 11.6 Å². The van der Waals surface area contributed by atoms with Crippen LogP contribution in [-0.2, 0) is 0 Å². The normalized spacial score (nSPS) is 10.6. The van der Waals surface area contributed by atoms with Gasteiger partial charge in [-0.2, -0.15) is 0 Å². The van der Waals surface area contributed by atoms with Crippen LogP contribution in [0.25, 0.3) is 11.1 Å². The van der Waals surface area contributed by atoms with Crippen molar-refractivity contribution in [1.29, 1.82) is 0 Å². The summed E-state index contributed by atoms with van der Waals surface area (Å²) in [5.41, 5.74) is 1.57. The second-order valence-electron chi connectivity index (χ2n) is 2.16. The lowest BCUT2D eigenvalue weighted by atomic mass is 10.3. The minimum Gasteiger partial charge on any atom is -0.429 e. The zero-order valence-electron chi connectivity index (χ0n) is 5.43. The van der Waals surface area contributed by atoms with Crippen LogP contribution in [0.4, 0.5) is 0 Å². The Bertz CT molecular complexity index is 445. The Morgan fingerprint density at radius 1 is 1.45 bits per heavy atom. The monoisotopic (exact) mass is 185 g/mol. The van der Waals surface area contributed by atoms with Crippen molar-refractivity contribution in [3.05, 3.63) is 28.1 Å². The van der Waals surface area contributed by atoms with Crippen LogP contribution >= 0.6 is 23.8 Å². The van der Waals surface area contributed by atoms with Crippen LogP contribution in [0.3, 0.4) is 0 Å². The summed E-state index contributed by atoms with van der Waals surface area (Å²) in [6, 6.07) is 5.34. The van der Waals surface area contributed by atoms with Crippen molar-refractivity contribution in [2.45, 2.75) is 0 Å². The number of fused-ring (bicyclic) bond motifs is 1. The first kappa shape index (κ1) is 6.88. The molecule has 0 saturated carbocycles.